The third-order valence-corrected chi connectivity index (χ3v) is 3.30. The highest BCUT2D eigenvalue weighted by Crippen LogP contribution is 2.20. The Balaban J connectivity index is 2.12. The molecular weight excluding hydrogens is 251 g/mol. The second-order valence-electron chi connectivity index (χ2n) is 2.95. The molecule has 0 N–H and O–H groups in total. The lowest BCUT2D eigenvalue weighted by molar-refractivity contribution is 0.166. The van der Waals surface area contributed by atoms with E-state index in [4.69, 9.17) is 27.9 Å². The van der Waals surface area contributed by atoms with Gasteiger partial charge in [0.05, 0.1) is 13.2 Å². The maximum atomic E-state index is 6.02. The molecule has 0 aliphatic rings. The molecule has 1 nitrogen and oxygen atoms in total. The smallest absolute Gasteiger partial charge is 0.0602 e. The van der Waals surface area contributed by atoms with Crippen molar-refractivity contribution in [3.63, 3.8) is 0 Å². The summed E-state index contributed by atoms with van der Waals surface area (Å²) in [6, 6.07) is 7.92. The summed E-state index contributed by atoms with van der Waals surface area (Å²) in [5.41, 5.74) is 1.18. The van der Waals surface area contributed by atoms with Crippen molar-refractivity contribution in [3.05, 3.63) is 34.9 Å². The highest BCUT2D eigenvalue weighted by molar-refractivity contribution is 7.98. The van der Waals surface area contributed by atoms with E-state index < -0.39 is 0 Å². The van der Waals surface area contributed by atoms with Crippen LogP contribution in [0.3, 0.4) is 0 Å². The predicted octanol–water partition coefficient (Wildman–Crippen LogP) is 3.83. The Labute approximate surface area is 105 Å². The molecule has 1 aromatic carbocycles. The molecule has 0 saturated heterocycles. The van der Waals surface area contributed by atoms with Crippen LogP contribution in [0.25, 0.3) is 0 Å². The Morgan fingerprint density at radius 2 is 2.00 bits per heavy atom. The first-order valence-corrected chi connectivity index (χ1v) is 6.86. The van der Waals surface area contributed by atoms with Crippen molar-refractivity contribution < 1.29 is 4.74 Å². The van der Waals surface area contributed by atoms with Gasteiger partial charge in [0.15, 0.2) is 0 Å². The van der Waals surface area contributed by atoms with E-state index in [1.807, 2.05) is 30.0 Å². The van der Waals surface area contributed by atoms with E-state index in [0.717, 1.165) is 23.1 Å². The number of alkyl halides is 1. The molecule has 0 aliphatic heterocycles. The minimum atomic E-state index is 0.565. The Hall–Kier alpha value is 0.110. The summed E-state index contributed by atoms with van der Waals surface area (Å²) in [5.74, 6) is 2.47. The van der Waals surface area contributed by atoms with Gasteiger partial charge in [-0.3, -0.25) is 0 Å². The zero-order valence-electron chi connectivity index (χ0n) is 8.42. The van der Waals surface area contributed by atoms with Gasteiger partial charge in [0.2, 0.25) is 0 Å². The average Bonchev–Trinajstić information content (AvgIpc) is 2.25. The van der Waals surface area contributed by atoms with Gasteiger partial charge < -0.3 is 4.74 Å². The van der Waals surface area contributed by atoms with Gasteiger partial charge in [0.25, 0.3) is 0 Å². The Bertz CT molecular complexity index is 281. The van der Waals surface area contributed by atoms with Crippen molar-refractivity contribution in [2.75, 3.05) is 24.8 Å². The van der Waals surface area contributed by atoms with Gasteiger partial charge >= 0.3 is 0 Å². The molecule has 0 unspecified atom stereocenters. The van der Waals surface area contributed by atoms with E-state index >= 15 is 0 Å². The highest BCUT2D eigenvalue weighted by Gasteiger charge is 1.98. The quantitative estimate of drug-likeness (QED) is 0.547. The number of halogens is 2. The number of ether oxygens (including phenoxy) is 1. The zero-order chi connectivity index (χ0) is 10.9. The molecule has 1 rings (SSSR count). The first kappa shape index (κ1) is 13.2. The predicted molar refractivity (Wildman–Crippen MR) is 69.2 cm³/mol. The molecule has 4 heteroatoms. The van der Waals surface area contributed by atoms with Crippen molar-refractivity contribution in [2.24, 2.45) is 0 Å². The third kappa shape index (κ3) is 5.67. The fourth-order valence-corrected chi connectivity index (χ4v) is 2.31. The number of hydrogen-bond donors (Lipinski definition) is 0. The van der Waals surface area contributed by atoms with Crippen LogP contribution in [-0.2, 0) is 10.5 Å². The lowest BCUT2D eigenvalue weighted by atomic mass is 10.2. The first-order valence-electron chi connectivity index (χ1n) is 4.79. The first-order chi connectivity index (χ1) is 7.34. The van der Waals surface area contributed by atoms with Crippen LogP contribution >= 0.6 is 35.0 Å². The van der Waals surface area contributed by atoms with E-state index in [1.165, 1.54) is 5.56 Å². The molecule has 0 bridgehead atoms. The maximum Gasteiger partial charge on any atom is 0.0602 e. The zero-order valence-corrected chi connectivity index (χ0v) is 10.7. The maximum absolute atomic E-state index is 6.02. The molecule has 0 spiro atoms. The van der Waals surface area contributed by atoms with Crippen LogP contribution in [0.2, 0.25) is 5.02 Å². The van der Waals surface area contributed by atoms with E-state index in [2.05, 4.69) is 6.07 Å². The number of thioether (sulfide) groups is 1. The minimum absolute atomic E-state index is 0.565. The normalized spacial score (nSPS) is 10.5. The van der Waals surface area contributed by atoms with Crippen molar-refractivity contribution in [3.8, 4) is 0 Å². The van der Waals surface area contributed by atoms with Crippen molar-refractivity contribution in [2.45, 2.75) is 5.75 Å². The topological polar surface area (TPSA) is 9.23 Å². The van der Waals surface area contributed by atoms with Crippen molar-refractivity contribution >= 4 is 35.0 Å². The van der Waals surface area contributed by atoms with Crippen LogP contribution in [-0.4, -0.2) is 24.8 Å². The van der Waals surface area contributed by atoms with Crippen LogP contribution in [0.5, 0.6) is 0 Å². The largest absolute Gasteiger partial charge is 0.379 e. The van der Waals surface area contributed by atoms with Gasteiger partial charge in [-0.15, -0.1) is 11.6 Å². The van der Waals surface area contributed by atoms with Gasteiger partial charge in [-0.2, -0.15) is 11.8 Å². The molecule has 0 aliphatic carbocycles. The summed E-state index contributed by atoms with van der Waals surface area (Å²) < 4.78 is 5.27. The lowest BCUT2D eigenvalue weighted by Crippen LogP contribution is -2.00. The standard InChI is InChI=1S/C11H14Cl2OS/c12-5-6-14-7-8-15-9-10-3-1-2-4-11(10)13/h1-4H,5-9H2. The molecule has 84 valence electrons. The summed E-state index contributed by atoms with van der Waals surface area (Å²) in [4.78, 5) is 0. The second kappa shape index (κ2) is 8.28. The number of hydrogen-bond acceptors (Lipinski definition) is 2. The van der Waals surface area contributed by atoms with E-state index in [-0.39, 0.29) is 0 Å². The molecular formula is C11H14Cl2OS. The lowest BCUT2D eigenvalue weighted by Gasteiger charge is -2.04. The van der Waals surface area contributed by atoms with Crippen molar-refractivity contribution in [1.82, 2.24) is 0 Å². The van der Waals surface area contributed by atoms with Crippen LogP contribution in [0.1, 0.15) is 5.56 Å². The molecule has 0 radical (unpaired) electrons. The summed E-state index contributed by atoms with van der Waals surface area (Å²) >= 11 is 13.3. The van der Waals surface area contributed by atoms with Gasteiger partial charge in [-0.25, -0.2) is 0 Å². The molecule has 0 aromatic heterocycles. The summed E-state index contributed by atoms with van der Waals surface area (Å²) in [6.45, 7) is 1.38. The Kier molecular flexibility index (Phi) is 7.28. The SMILES string of the molecule is ClCCOCCSCc1ccccc1Cl. The van der Waals surface area contributed by atoms with E-state index in [0.29, 0.717) is 12.5 Å². The fraction of sp³-hybridized carbons (Fsp3) is 0.455. The Morgan fingerprint density at radius 3 is 2.73 bits per heavy atom. The van der Waals surface area contributed by atoms with E-state index in [1.54, 1.807) is 0 Å². The molecule has 0 amide bonds. The monoisotopic (exact) mass is 264 g/mol. The Morgan fingerprint density at radius 1 is 1.20 bits per heavy atom. The highest BCUT2D eigenvalue weighted by atomic mass is 35.5. The van der Waals surface area contributed by atoms with Crippen LogP contribution in [0.15, 0.2) is 24.3 Å². The van der Waals surface area contributed by atoms with E-state index in [9.17, 15) is 0 Å². The van der Waals surface area contributed by atoms with Gasteiger partial charge in [-0.1, -0.05) is 29.8 Å². The van der Waals surface area contributed by atoms with Crippen LogP contribution < -0.4 is 0 Å². The summed E-state index contributed by atoms with van der Waals surface area (Å²) in [6.07, 6.45) is 0. The third-order valence-electron chi connectivity index (χ3n) is 1.81. The van der Waals surface area contributed by atoms with Crippen LogP contribution in [0.4, 0.5) is 0 Å². The molecule has 15 heavy (non-hydrogen) atoms. The summed E-state index contributed by atoms with van der Waals surface area (Å²) in [5, 5.41) is 0.840. The molecule has 0 fully saturated rings. The molecule has 0 saturated carbocycles. The van der Waals surface area contributed by atoms with Gasteiger partial charge in [0.1, 0.15) is 0 Å². The minimum Gasteiger partial charge on any atom is -0.379 e. The van der Waals surface area contributed by atoms with Gasteiger partial charge in [0, 0.05) is 22.4 Å². The average molecular weight is 265 g/mol. The number of benzene rings is 1. The molecule has 1 aromatic rings. The van der Waals surface area contributed by atoms with Gasteiger partial charge in [-0.05, 0) is 11.6 Å². The number of rotatable bonds is 7. The fourth-order valence-electron chi connectivity index (χ4n) is 1.07. The summed E-state index contributed by atoms with van der Waals surface area (Å²) in [7, 11) is 0. The second-order valence-corrected chi connectivity index (χ2v) is 4.84. The van der Waals surface area contributed by atoms with Crippen LogP contribution in [0, 0.1) is 0 Å². The molecule has 0 heterocycles. The molecule has 0 atom stereocenters. The van der Waals surface area contributed by atoms with Crippen molar-refractivity contribution in [1.29, 1.82) is 0 Å².